The number of Topliss-reactive ketones (excluding diaryl/α,β-unsaturated/α-hetero) is 1. The Morgan fingerprint density at radius 2 is 2.09 bits per heavy atom. The topological polar surface area (TPSA) is 67.8 Å². The van der Waals surface area contributed by atoms with E-state index in [4.69, 9.17) is 28.0 Å². The summed E-state index contributed by atoms with van der Waals surface area (Å²) in [6.07, 6.45) is 1.89. The normalized spacial score (nSPS) is 13.8. The van der Waals surface area contributed by atoms with Crippen molar-refractivity contribution in [1.82, 2.24) is 5.32 Å². The highest BCUT2D eigenvalue weighted by Gasteiger charge is 2.36. The maximum atomic E-state index is 12.4. The zero-order valence-corrected chi connectivity index (χ0v) is 14.8. The number of hydrogen-bond donors (Lipinski definition) is 1. The van der Waals surface area contributed by atoms with Crippen LogP contribution >= 0.6 is 23.2 Å². The van der Waals surface area contributed by atoms with Crippen molar-refractivity contribution >= 4 is 41.1 Å². The summed E-state index contributed by atoms with van der Waals surface area (Å²) >= 11 is 11.3. The number of ketones is 1. The van der Waals surface area contributed by atoms with E-state index in [2.05, 4.69) is 10.5 Å². The first-order chi connectivity index (χ1) is 10.8. The lowest BCUT2D eigenvalue weighted by atomic mass is 9.93. The summed E-state index contributed by atoms with van der Waals surface area (Å²) in [6.45, 7) is 5.67. The van der Waals surface area contributed by atoms with E-state index in [-0.39, 0.29) is 5.91 Å². The van der Waals surface area contributed by atoms with Crippen molar-refractivity contribution in [3.63, 3.8) is 0 Å². The van der Waals surface area contributed by atoms with Crippen LogP contribution in [0.15, 0.2) is 29.4 Å². The number of benzene rings is 1. The van der Waals surface area contributed by atoms with Gasteiger partial charge in [0.05, 0.1) is 11.8 Å². The van der Waals surface area contributed by atoms with Gasteiger partial charge < -0.3 is 10.2 Å². The molecule has 1 amide bonds. The quantitative estimate of drug-likeness (QED) is 0.440. The van der Waals surface area contributed by atoms with Crippen molar-refractivity contribution in [1.29, 1.82) is 0 Å². The molecule has 23 heavy (non-hydrogen) atoms. The van der Waals surface area contributed by atoms with Gasteiger partial charge in [0.15, 0.2) is 10.6 Å². The number of nitrogens with one attached hydrogen (secondary N) is 1. The van der Waals surface area contributed by atoms with Crippen LogP contribution in [0.5, 0.6) is 0 Å². The maximum Gasteiger partial charge on any atom is 0.252 e. The molecule has 0 spiro atoms. The second-order valence-electron chi connectivity index (χ2n) is 5.08. The van der Waals surface area contributed by atoms with E-state index in [0.29, 0.717) is 24.2 Å². The van der Waals surface area contributed by atoms with Gasteiger partial charge in [-0.15, -0.1) is 0 Å². The van der Waals surface area contributed by atoms with E-state index in [1.165, 1.54) is 6.21 Å². The molecule has 0 heterocycles. The van der Waals surface area contributed by atoms with Gasteiger partial charge in [-0.05, 0) is 38.0 Å². The van der Waals surface area contributed by atoms with Crippen molar-refractivity contribution in [2.24, 2.45) is 5.16 Å². The predicted octanol–water partition coefficient (Wildman–Crippen LogP) is 3.33. The second kappa shape index (κ2) is 8.89. The van der Waals surface area contributed by atoms with Crippen LogP contribution < -0.4 is 5.32 Å². The van der Waals surface area contributed by atoms with Crippen LogP contribution in [0.4, 0.5) is 0 Å². The highest BCUT2D eigenvalue weighted by molar-refractivity contribution is 6.54. The number of rotatable bonds is 8. The van der Waals surface area contributed by atoms with Gasteiger partial charge in [0.25, 0.3) is 5.91 Å². The lowest BCUT2D eigenvalue weighted by molar-refractivity contribution is -0.123. The molecule has 0 aliphatic heterocycles. The fourth-order valence-electron chi connectivity index (χ4n) is 1.82. The van der Waals surface area contributed by atoms with Crippen molar-refractivity contribution < 1.29 is 14.4 Å². The Labute approximate surface area is 146 Å². The van der Waals surface area contributed by atoms with E-state index >= 15 is 0 Å². The predicted molar refractivity (Wildman–Crippen MR) is 92.3 cm³/mol. The fourth-order valence-corrected chi connectivity index (χ4v) is 2.30. The van der Waals surface area contributed by atoms with E-state index in [9.17, 15) is 9.59 Å². The molecular weight excluding hydrogens is 339 g/mol. The van der Waals surface area contributed by atoms with E-state index in [1.807, 2.05) is 6.92 Å². The van der Waals surface area contributed by atoms with Crippen molar-refractivity contribution in [2.45, 2.75) is 37.6 Å². The molecule has 0 aromatic heterocycles. The van der Waals surface area contributed by atoms with Gasteiger partial charge in [0.2, 0.25) is 0 Å². The minimum absolute atomic E-state index is 0.374. The third-order valence-electron chi connectivity index (χ3n) is 3.39. The largest absolute Gasteiger partial charge is 0.396 e. The molecule has 0 bridgehead atoms. The van der Waals surface area contributed by atoms with Crippen molar-refractivity contribution in [3.8, 4) is 0 Å². The van der Waals surface area contributed by atoms with Crippen LogP contribution in [-0.4, -0.2) is 34.9 Å². The van der Waals surface area contributed by atoms with Gasteiger partial charge in [0.1, 0.15) is 6.61 Å². The minimum Gasteiger partial charge on any atom is -0.396 e. The molecule has 1 aromatic rings. The number of hydrogen-bond acceptors (Lipinski definition) is 4. The van der Waals surface area contributed by atoms with Crippen LogP contribution in [0.2, 0.25) is 0 Å². The Morgan fingerprint density at radius 3 is 2.65 bits per heavy atom. The highest BCUT2D eigenvalue weighted by atomic mass is 35.5. The Bertz CT molecular complexity index is 590. The van der Waals surface area contributed by atoms with Crippen LogP contribution in [0.25, 0.3) is 0 Å². The summed E-state index contributed by atoms with van der Waals surface area (Å²) in [5.74, 6) is -0.825. The number of amides is 1. The van der Waals surface area contributed by atoms with Gasteiger partial charge >= 0.3 is 0 Å². The Hall–Kier alpha value is -1.59. The summed E-state index contributed by atoms with van der Waals surface area (Å²) < 4.78 is 0. The lowest BCUT2D eigenvalue weighted by Crippen LogP contribution is -2.53. The SMILES string of the molecule is CCON=Cc1cccc(C(=O)NC(C)(CC)C(=O)C(Cl)Cl)c1. The number of alkyl halides is 2. The molecule has 1 unspecified atom stereocenters. The third-order valence-corrected chi connectivity index (χ3v) is 3.79. The number of carbonyl (C=O) groups is 2. The molecule has 1 atom stereocenters. The standard InChI is InChI=1S/C16H20Cl2N2O3/c1-4-16(3,13(21)14(17)18)20-15(22)12-8-6-7-11(9-12)10-19-23-5-2/h6-10,14H,4-5H2,1-3H3,(H,20,22). The summed E-state index contributed by atoms with van der Waals surface area (Å²) in [5, 5.41) is 6.46. The maximum absolute atomic E-state index is 12.4. The molecule has 0 saturated carbocycles. The Balaban J connectivity index is 2.92. The molecule has 5 nitrogen and oxygen atoms in total. The van der Waals surface area contributed by atoms with Crippen LogP contribution in [0.1, 0.15) is 43.1 Å². The first-order valence-corrected chi connectivity index (χ1v) is 8.11. The van der Waals surface area contributed by atoms with Gasteiger partial charge in [-0.25, -0.2) is 0 Å². The smallest absolute Gasteiger partial charge is 0.252 e. The van der Waals surface area contributed by atoms with Gasteiger partial charge in [-0.1, -0.05) is 47.4 Å². The molecule has 7 heteroatoms. The molecule has 0 radical (unpaired) electrons. The number of oxime groups is 1. The molecule has 126 valence electrons. The number of nitrogens with zero attached hydrogens (tertiary/aromatic N) is 1. The molecule has 1 rings (SSSR count). The molecule has 1 aromatic carbocycles. The third kappa shape index (κ3) is 5.52. The molecule has 0 fully saturated rings. The van der Waals surface area contributed by atoms with Crippen LogP contribution in [0.3, 0.4) is 0 Å². The van der Waals surface area contributed by atoms with Crippen molar-refractivity contribution in [2.75, 3.05) is 6.61 Å². The first kappa shape index (κ1) is 19.5. The monoisotopic (exact) mass is 358 g/mol. The average molecular weight is 359 g/mol. The zero-order chi connectivity index (χ0) is 17.5. The summed E-state index contributed by atoms with van der Waals surface area (Å²) in [6, 6.07) is 6.81. The Kier molecular flexibility index (Phi) is 7.52. The first-order valence-electron chi connectivity index (χ1n) is 7.24. The van der Waals surface area contributed by atoms with Gasteiger partial charge in [0, 0.05) is 5.56 Å². The average Bonchev–Trinajstić information content (AvgIpc) is 2.54. The van der Waals surface area contributed by atoms with E-state index < -0.39 is 16.2 Å². The highest BCUT2D eigenvalue weighted by Crippen LogP contribution is 2.19. The van der Waals surface area contributed by atoms with Crippen LogP contribution in [-0.2, 0) is 9.63 Å². The number of carbonyl (C=O) groups excluding carboxylic acids is 2. The Morgan fingerprint density at radius 1 is 1.39 bits per heavy atom. The van der Waals surface area contributed by atoms with Gasteiger partial charge in [-0.3, -0.25) is 9.59 Å². The second-order valence-corrected chi connectivity index (χ2v) is 6.18. The fraction of sp³-hybridized carbons (Fsp3) is 0.438. The van der Waals surface area contributed by atoms with E-state index in [1.54, 1.807) is 38.1 Å². The van der Waals surface area contributed by atoms with E-state index in [0.717, 1.165) is 0 Å². The minimum atomic E-state index is -1.19. The van der Waals surface area contributed by atoms with Crippen LogP contribution in [0, 0.1) is 0 Å². The zero-order valence-electron chi connectivity index (χ0n) is 13.3. The molecule has 0 saturated heterocycles. The van der Waals surface area contributed by atoms with Crippen molar-refractivity contribution in [3.05, 3.63) is 35.4 Å². The summed E-state index contributed by atoms with van der Waals surface area (Å²) in [5.41, 5.74) is -0.0116. The summed E-state index contributed by atoms with van der Waals surface area (Å²) in [4.78, 5) is 28.2. The molecular formula is C16H20Cl2N2O3. The lowest BCUT2D eigenvalue weighted by Gasteiger charge is -2.28. The molecule has 0 aliphatic rings. The summed E-state index contributed by atoms with van der Waals surface area (Å²) in [7, 11) is 0. The molecule has 1 N–H and O–H groups in total. The molecule has 0 aliphatic carbocycles. The number of halogens is 2. The van der Waals surface area contributed by atoms with Gasteiger partial charge in [-0.2, -0.15) is 0 Å².